The molecular formula is C16H28N4O2. The monoisotopic (exact) mass is 308 g/mol. The number of nitrogens with one attached hydrogen (secondary N) is 1. The molecule has 6 heteroatoms. The number of carbonyl (C=O) groups excluding carboxylic acids is 1. The van der Waals surface area contributed by atoms with Gasteiger partial charge in [-0.3, -0.25) is 0 Å². The summed E-state index contributed by atoms with van der Waals surface area (Å²) in [5.41, 5.74) is 8.46. The van der Waals surface area contributed by atoms with Crippen LogP contribution in [0.15, 0.2) is 0 Å². The fourth-order valence-corrected chi connectivity index (χ4v) is 2.36. The lowest BCUT2D eigenvalue weighted by atomic mass is 10.1. The zero-order valence-electron chi connectivity index (χ0n) is 14.5. The summed E-state index contributed by atoms with van der Waals surface area (Å²) in [7, 11) is 0. The van der Waals surface area contributed by atoms with E-state index in [0.717, 1.165) is 13.1 Å². The molecule has 0 saturated heterocycles. The molecule has 0 atom stereocenters. The molecule has 6 nitrogen and oxygen atoms in total. The molecule has 0 saturated carbocycles. The van der Waals surface area contributed by atoms with E-state index in [9.17, 15) is 4.79 Å². The number of nitrogens with two attached hydrogens (primary N) is 1. The van der Waals surface area contributed by atoms with E-state index in [2.05, 4.69) is 29.0 Å². The molecule has 0 aromatic carbocycles. The molecule has 124 valence electrons. The van der Waals surface area contributed by atoms with Gasteiger partial charge in [-0.15, -0.1) is 0 Å². The number of anilines is 3. The number of rotatable bonds is 7. The van der Waals surface area contributed by atoms with Crippen LogP contribution in [0, 0.1) is 6.92 Å². The summed E-state index contributed by atoms with van der Waals surface area (Å²) < 4.78 is 5.15. The van der Waals surface area contributed by atoms with Gasteiger partial charge in [0.15, 0.2) is 5.82 Å². The first kappa shape index (κ1) is 18.1. The highest BCUT2D eigenvalue weighted by Gasteiger charge is 2.24. The molecule has 1 rings (SSSR count). The second-order valence-corrected chi connectivity index (χ2v) is 5.38. The van der Waals surface area contributed by atoms with Gasteiger partial charge in [0.1, 0.15) is 5.56 Å². The SMILES string of the molecule is CCOC(=O)c1c(C)nc(N(CC)CC)c(N)c1NC(C)C. The van der Waals surface area contributed by atoms with Crippen molar-refractivity contribution < 1.29 is 9.53 Å². The third-order valence-electron chi connectivity index (χ3n) is 3.37. The number of aryl methyl sites for hydroxylation is 1. The van der Waals surface area contributed by atoms with Crippen LogP contribution in [0.4, 0.5) is 17.2 Å². The van der Waals surface area contributed by atoms with Crippen LogP contribution in [-0.4, -0.2) is 36.7 Å². The van der Waals surface area contributed by atoms with Crippen molar-refractivity contribution in [2.24, 2.45) is 0 Å². The van der Waals surface area contributed by atoms with Crippen LogP contribution in [0.3, 0.4) is 0 Å². The van der Waals surface area contributed by atoms with Gasteiger partial charge in [-0.1, -0.05) is 0 Å². The highest BCUT2D eigenvalue weighted by Crippen LogP contribution is 2.34. The number of aromatic nitrogens is 1. The maximum Gasteiger partial charge on any atom is 0.342 e. The van der Waals surface area contributed by atoms with Crippen molar-refractivity contribution in [1.82, 2.24) is 4.98 Å². The minimum atomic E-state index is -0.395. The van der Waals surface area contributed by atoms with Crippen molar-refractivity contribution in [1.29, 1.82) is 0 Å². The van der Waals surface area contributed by atoms with E-state index >= 15 is 0 Å². The molecule has 0 bridgehead atoms. The minimum Gasteiger partial charge on any atom is -0.462 e. The molecule has 0 amide bonds. The number of carbonyl (C=O) groups is 1. The van der Waals surface area contributed by atoms with Gasteiger partial charge in [0.05, 0.1) is 23.7 Å². The van der Waals surface area contributed by atoms with Crippen molar-refractivity contribution in [3.05, 3.63) is 11.3 Å². The number of hydrogen-bond acceptors (Lipinski definition) is 6. The number of ether oxygens (including phenoxy) is 1. The molecular weight excluding hydrogens is 280 g/mol. The Labute approximate surface area is 133 Å². The van der Waals surface area contributed by atoms with E-state index in [1.54, 1.807) is 6.92 Å². The average molecular weight is 308 g/mol. The van der Waals surface area contributed by atoms with E-state index in [1.165, 1.54) is 0 Å². The molecule has 0 aliphatic heterocycles. The Morgan fingerprint density at radius 2 is 1.91 bits per heavy atom. The van der Waals surface area contributed by atoms with Crippen LogP contribution in [0.5, 0.6) is 0 Å². The van der Waals surface area contributed by atoms with Crippen molar-refractivity contribution in [3.63, 3.8) is 0 Å². The van der Waals surface area contributed by atoms with E-state index in [-0.39, 0.29) is 6.04 Å². The average Bonchev–Trinajstić information content (AvgIpc) is 2.44. The predicted molar refractivity (Wildman–Crippen MR) is 91.7 cm³/mol. The van der Waals surface area contributed by atoms with Crippen LogP contribution < -0.4 is 16.0 Å². The summed E-state index contributed by atoms with van der Waals surface area (Å²) >= 11 is 0. The quantitative estimate of drug-likeness (QED) is 0.754. The maximum atomic E-state index is 12.3. The molecule has 0 unspecified atom stereocenters. The predicted octanol–water partition coefficient (Wildman–Crippen LogP) is 2.82. The highest BCUT2D eigenvalue weighted by molar-refractivity contribution is 6.02. The van der Waals surface area contributed by atoms with Gasteiger partial charge in [0.25, 0.3) is 0 Å². The molecule has 3 N–H and O–H groups in total. The Morgan fingerprint density at radius 1 is 1.32 bits per heavy atom. The Morgan fingerprint density at radius 3 is 2.36 bits per heavy atom. The number of hydrogen-bond donors (Lipinski definition) is 2. The van der Waals surface area contributed by atoms with Gasteiger partial charge >= 0.3 is 5.97 Å². The molecule has 0 aliphatic rings. The summed E-state index contributed by atoms with van der Waals surface area (Å²) in [6, 6.07) is 0.141. The first-order valence-corrected chi connectivity index (χ1v) is 7.85. The van der Waals surface area contributed by atoms with Crippen LogP contribution in [0.25, 0.3) is 0 Å². The molecule has 1 heterocycles. The van der Waals surface area contributed by atoms with E-state index in [4.69, 9.17) is 10.5 Å². The van der Waals surface area contributed by atoms with E-state index in [1.807, 2.05) is 20.8 Å². The topological polar surface area (TPSA) is 80.5 Å². The van der Waals surface area contributed by atoms with Gasteiger partial charge in [0, 0.05) is 19.1 Å². The fourth-order valence-electron chi connectivity index (χ4n) is 2.36. The van der Waals surface area contributed by atoms with Crippen LogP contribution in [0.2, 0.25) is 0 Å². The number of nitrogen functional groups attached to an aromatic ring is 1. The lowest BCUT2D eigenvalue weighted by molar-refractivity contribution is 0.0526. The molecule has 22 heavy (non-hydrogen) atoms. The first-order valence-electron chi connectivity index (χ1n) is 7.85. The van der Waals surface area contributed by atoms with Gasteiger partial charge in [-0.25, -0.2) is 9.78 Å². The zero-order chi connectivity index (χ0) is 16.9. The zero-order valence-corrected chi connectivity index (χ0v) is 14.5. The lowest BCUT2D eigenvalue weighted by Crippen LogP contribution is -2.27. The molecule has 0 fully saturated rings. The normalized spacial score (nSPS) is 10.7. The Hall–Kier alpha value is -1.98. The molecule has 0 aliphatic carbocycles. The van der Waals surface area contributed by atoms with Crippen molar-refractivity contribution in [3.8, 4) is 0 Å². The molecule has 0 spiro atoms. The number of pyridine rings is 1. The summed E-state index contributed by atoms with van der Waals surface area (Å²) in [6.45, 7) is 13.6. The van der Waals surface area contributed by atoms with Gasteiger partial charge in [-0.05, 0) is 41.5 Å². The second kappa shape index (κ2) is 7.87. The lowest BCUT2D eigenvalue weighted by Gasteiger charge is -2.26. The third-order valence-corrected chi connectivity index (χ3v) is 3.37. The first-order chi connectivity index (χ1) is 10.4. The van der Waals surface area contributed by atoms with Crippen molar-refractivity contribution in [2.75, 3.05) is 35.6 Å². The van der Waals surface area contributed by atoms with Crippen LogP contribution in [-0.2, 0) is 4.74 Å². The smallest absolute Gasteiger partial charge is 0.342 e. The number of esters is 1. The molecule has 1 aromatic heterocycles. The minimum absolute atomic E-state index is 0.141. The molecule has 0 radical (unpaired) electrons. The standard InChI is InChI=1S/C16H28N4O2/c1-7-20(8-2)15-13(17)14(18-10(4)5)12(11(6)19-15)16(21)22-9-3/h10H,7-9,17H2,1-6H3,(H,18,19). The molecule has 1 aromatic rings. The van der Waals surface area contributed by atoms with E-state index in [0.29, 0.717) is 35.1 Å². The van der Waals surface area contributed by atoms with Gasteiger partial charge in [0.2, 0.25) is 0 Å². The van der Waals surface area contributed by atoms with Gasteiger partial charge in [-0.2, -0.15) is 0 Å². The summed E-state index contributed by atoms with van der Waals surface area (Å²) in [5, 5.41) is 3.27. The summed E-state index contributed by atoms with van der Waals surface area (Å²) in [4.78, 5) is 18.9. The fraction of sp³-hybridized carbons (Fsp3) is 0.625. The van der Waals surface area contributed by atoms with Crippen molar-refractivity contribution in [2.45, 2.75) is 47.6 Å². The Kier molecular flexibility index (Phi) is 6.46. The largest absolute Gasteiger partial charge is 0.462 e. The summed E-state index contributed by atoms with van der Waals surface area (Å²) in [5.74, 6) is 0.312. The Balaban J connectivity index is 3.51. The Bertz CT molecular complexity index is 525. The maximum absolute atomic E-state index is 12.3. The second-order valence-electron chi connectivity index (χ2n) is 5.38. The van der Waals surface area contributed by atoms with Crippen molar-refractivity contribution >= 4 is 23.2 Å². The van der Waals surface area contributed by atoms with Crippen LogP contribution in [0.1, 0.15) is 50.7 Å². The van der Waals surface area contributed by atoms with Gasteiger partial charge < -0.3 is 20.7 Å². The summed E-state index contributed by atoms with van der Waals surface area (Å²) in [6.07, 6.45) is 0. The highest BCUT2D eigenvalue weighted by atomic mass is 16.5. The number of nitrogens with zero attached hydrogens (tertiary/aromatic N) is 2. The van der Waals surface area contributed by atoms with E-state index < -0.39 is 5.97 Å². The van der Waals surface area contributed by atoms with Crippen LogP contribution >= 0.6 is 0 Å². The third kappa shape index (κ3) is 3.81.